The Balaban J connectivity index is 2.02. The van der Waals surface area contributed by atoms with Gasteiger partial charge in [-0.05, 0) is 48.5 Å². The number of benzene rings is 3. The van der Waals surface area contributed by atoms with Gasteiger partial charge in [0.2, 0.25) is 0 Å². The van der Waals surface area contributed by atoms with E-state index in [1.165, 1.54) is 0 Å². The van der Waals surface area contributed by atoms with Crippen LogP contribution >= 0.6 is 15.9 Å². The van der Waals surface area contributed by atoms with Gasteiger partial charge in [0.15, 0.2) is 5.75 Å². The Labute approximate surface area is 176 Å². The topological polar surface area (TPSA) is 85.0 Å². The van der Waals surface area contributed by atoms with Crippen molar-refractivity contribution in [2.75, 3.05) is 0 Å². The number of alkyl halides is 3. The third-order valence-electron chi connectivity index (χ3n) is 3.89. The van der Waals surface area contributed by atoms with Crippen LogP contribution in [0.2, 0.25) is 0 Å². The lowest BCUT2D eigenvalue weighted by molar-refractivity contribution is -0.384. The van der Waals surface area contributed by atoms with Crippen molar-refractivity contribution in [2.45, 2.75) is 6.18 Å². The summed E-state index contributed by atoms with van der Waals surface area (Å²) in [6, 6.07) is 12.7. The van der Waals surface area contributed by atoms with Gasteiger partial charge < -0.3 is 9.84 Å². The number of non-ortho nitro benzene ring substituents is 1. The van der Waals surface area contributed by atoms with Gasteiger partial charge in [-0.3, -0.25) is 15.1 Å². The summed E-state index contributed by atoms with van der Waals surface area (Å²) in [7, 11) is 0. The Bertz CT molecular complexity index is 1120. The lowest BCUT2D eigenvalue weighted by Crippen LogP contribution is -2.04. The van der Waals surface area contributed by atoms with Gasteiger partial charge in [-0.15, -0.1) is 0 Å². The highest BCUT2D eigenvalue weighted by Gasteiger charge is 2.31. The second kappa shape index (κ2) is 8.54. The first-order valence-electron chi connectivity index (χ1n) is 8.29. The number of hydrogen-bond donors (Lipinski definition) is 1. The lowest BCUT2D eigenvalue weighted by atomic mass is 10.1. The van der Waals surface area contributed by atoms with E-state index in [1.54, 1.807) is 24.3 Å². The molecule has 6 nitrogen and oxygen atoms in total. The summed E-state index contributed by atoms with van der Waals surface area (Å²) in [4.78, 5) is 14.2. The number of nitrogens with zero attached hydrogens (tertiary/aromatic N) is 2. The second-order valence-corrected chi connectivity index (χ2v) is 6.91. The highest BCUT2D eigenvalue weighted by molar-refractivity contribution is 9.10. The van der Waals surface area contributed by atoms with Crippen molar-refractivity contribution in [3.8, 4) is 17.2 Å². The molecule has 154 valence electrons. The summed E-state index contributed by atoms with van der Waals surface area (Å²) in [5.74, 6) is 0.0887. The fourth-order valence-corrected chi connectivity index (χ4v) is 2.67. The summed E-state index contributed by atoms with van der Waals surface area (Å²) in [5, 5.41) is 20.8. The quantitative estimate of drug-likeness (QED) is 0.252. The Hall–Kier alpha value is -3.40. The number of halogens is 4. The number of phenolic OH excluding ortho intramolecular Hbond substituents is 1. The number of nitro benzene ring substituents is 1. The number of hydrogen-bond acceptors (Lipinski definition) is 5. The number of aromatic hydroxyl groups is 1. The minimum atomic E-state index is -4.60. The number of ether oxygens (including phenoxy) is 1. The van der Waals surface area contributed by atoms with Crippen LogP contribution in [-0.2, 0) is 6.18 Å². The molecular formula is C20H12BrF3N2O4. The normalized spacial score (nSPS) is 11.6. The molecule has 30 heavy (non-hydrogen) atoms. The number of aliphatic imine (C=N–C) groups is 1. The zero-order valence-corrected chi connectivity index (χ0v) is 16.5. The van der Waals surface area contributed by atoms with Crippen LogP contribution < -0.4 is 4.74 Å². The summed E-state index contributed by atoms with van der Waals surface area (Å²) in [6.07, 6.45) is -3.57. The maximum absolute atomic E-state index is 13.1. The van der Waals surface area contributed by atoms with Gasteiger partial charge in [-0.1, -0.05) is 15.9 Å². The standard InChI is InChI=1S/C20H12BrF3N2O4/c21-14-2-5-16(6-3-14)30-19-8-1-13(20(22,23)24)10-17(19)25-11-12-9-15(26(28)29)4-7-18(12)27/h1-11,27H. The molecule has 3 aromatic rings. The summed E-state index contributed by atoms with van der Waals surface area (Å²) >= 11 is 3.27. The maximum atomic E-state index is 13.1. The predicted octanol–water partition coefficient (Wildman–Crippen LogP) is 6.62. The Morgan fingerprint density at radius 3 is 2.40 bits per heavy atom. The van der Waals surface area contributed by atoms with Crippen molar-refractivity contribution in [2.24, 2.45) is 4.99 Å². The van der Waals surface area contributed by atoms with Gasteiger partial charge in [0, 0.05) is 28.4 Å². The van der Waals surface area contributed by atoms with Crippen LogP contribution in [0.1, 0.15) is 11.1 Å². The first-order chi connectivity index (χ1) is 14.1. The Kier molecular flexibility index (Phi) is 6.06. The van der Waals surface area contributed by atoms with Crippen molar-refractivity contribution in [3.05, 3.63) is 86.4 Å². The van der Waals surface area contributed by atoms with Crippen LogP contribution in [0.4, 0.5) is 24.5 Å². The molecule has 0 atom stereocenters. The zero-order chi connectivity index (χ0) is 21.9. The van der Waals surface area contributed by atoms with E-state index in [4.69, 9.17) is 4.74 Å². The molecule has 0 saturated heterocycles. The van der Waals surface area contributed by atoms with Crippen molar-refractivity contribution in [3.63, 3.8) is 0 Å². The summed E-state index contributed by atoms with van der Waals surface area (Å²) in [6.45, 7) is 0. The number of phenols is 1. The van der Waals surface area contributed by atoms with Crippen molar-refractivity contribution < 1.29 is 27.9 Å². The molecule has 0 aromatic heterocycles. The number of nitro groups is 1. The zero-order valence-electron chi connectivity index (χ0n) is 14.9. The molecule has 0 amide bonds. The third-order valence-corrected chi connectivity index (χ3v) is 4.42. The first kappa shape index (κ1) is 21.3. The molecule has 0 heterocycles. The van der Waals surface area contributed by atoms with Crippen molar-refractivity contribution >= 4 is 33.5 Å². The maximum Gasteiger partial charge on any atom is 0.416 e. The van der Waals surface area contributed by atoms with Gasteiger partial charge in [0.25, 0.3) is 5.69 Å². The number of rotatable bonds is 5. The monoisotopic (exact) mass is 480 g/mol. The molecule has 0 aliphatic heterocycles. The van der Waals surface area contributed by atoms with Crippen LogP contribution in [0, 0.1) is 10.1 Å². The average molecular weight is 481 g/mol. The van der Waals surface area contributed by atoms with Crippen LogP contribution in [0.3, 0.4) is 0 Å². The average Bonchev–Trinajstić information content (AvgIpc) is 2.69. The van der Waals surface area contributed by atoms with Gasteiger partial charge in [-0.2, -0.15) is 13.2 Å². The highest BCUT2D eigenvalue weighted by Crippen LogP contribution is 2.38. The molecule has 0 fully saturated rings. The van der Waals surface area contributed by atoms with Crippen molar-refractivity contribution in [1.29, 1.82) is 0 Å². The molecule has 0 aliphatic rings. The van der Waals surface area contributed by atoms with Crippen LogP contribution in [0.25, 0.3) is 0 Å². The molecule has 1 N–H and O–H groups in total. The van der Waals surface area contributed by atoms with E-state index in [0.717, 1.165) is 47.1 Å². The Morgan fingerprint density at radius 2 is 1.77 bits per heavy atom. The van der Waals surface area contributed by atoms with Gasteiger partial charge in [0.1, 0.15) is 17.2 Å². The minimum Gasteiger partial charge on any atom is -0.507 e. The third kappa shape index (κ3) is 5.15. The highest BCUT2D eigenvalue weighted by atomic mass is 79.9. The Morgan fingerprint density at radius 1 is 1.07 bits per heavy atom. The summed E-state index contributed by atoms with van der Waals surface area (Å²) in [5.41, 5.74) is -1.44. The molecule has 0 bridgehead atoms. The van der Waals surface area contributed by atoms with Gasteiger partial charge in [-0.25, -0.2) is 0 Å². The molecule has 3 aromatic carbocycles. The molecule has 0 unspecified atom stereocenters. The molecule has 0 spiro atoms. The molecule has 0 radical (unpaired) electrons. The van der Waals surface area contributed by atoms with E-state index in [9.17, 15) is 28.4 Å². The van der Waals surface area contributed by atoms with Crippen LogP contribution in [0.5, 0.6) is 17.2 Å². The van der Waals surface area contributed by atoms with E-state index in [-0.39, 0.29) is 28.4 Å². The van der Waals surface area contributed by atoms with E-state index in [2.05, 4.69) is 20.9 Å². The molecule has 10 heteroatoms. The molecule has 3 rings (SSSR count). The first-order valence-corrected chi connectivity index (χ1v) is 9.09. The summed E-state index contributed by atoms with van der Waals surface area (Å²) < 4.78 is 45.8. The van der Waals surface area contributed by atoms with Gasteiger partial charge in [0.05, 0.1) is 10.5 Å². The van der Waals surface area contributed by atoms with E-state index >= 15 is 0 Å². The van der Waals surface area contributed by atoms with Crippen molar-refractivity contribution in [1.82, 2.24) is 0 Å². The van der Waals surface area contributed by atoms with E-state index in [1.807, 2.05) is 0 Å². The van der Waals surface area contributed by atoms with Gasteiger partial charge >= 0.3 is 6.18 Å². The minimum absolute atomic E-state index is 0.0313. The second-order valence-electron chi connectivity index (χ2n) is 5.99. The predicted molar refractivity (Wildman–Crippen MR) is 108 cm³/mol. The van der Waals surface area contributed by atoms with E-state index in [0.29, 0.717) is 5.75 Å². The van der Waals surface area contributed by atoms with E-state index < -0.39 is 16.7 Å². The van der Waals surface area contributed by atoms with Crippen LogP contribution in [0.15, 0.2) is 70.1 Å². The molecular weight excluding hydrogens is 469 g/mol. The SMILES string of the molecule is O=[N+]([O-])c1ccc(O)c(C=Nc2cc(C(F)(F)F)ccc2Oc2ccc(Br)cc2)c1. The fraction of sp³-hybridized carbons (Fsp3) is 0.0500. The molecule has 0 saturated carbocycles. The smallest absolute Gasteiger partial charge is 0.416 e. The lowest BCUT2D eigenvalue weighted by Gasteiger charge is -2.12. The largest absolute Gasteiger partial charge is 0.507 e. The van der Waals surface area contributed by atoms with Crippen LogP contribution in [-0.4, -0.2) is 16.2 Å². The molecule has 0 aliphatic carbocycles. The fourth-order valence-electron chi connectivity index (χ4n) is 2.41.